The molecule has 0 N–H and O–H groups in total. The highest BCUT2D eigenvalue weighted by atomic mass is 79.9. The summed E-state index contributed by atoms with van der Waals surface area (Å²) in [6, 6.07) is 37.5. The van der Waals surface area contributed by atoms with Crippen LogP contribution < -0.4 is 0 Å². The maximum atomic E-state index is 13.2. The summed E-state index contributed by atoms with van der Waals surface area (Å²) < 4.78 is 7.08. The number of imide groups is 1. The number of carbonyl (C=O) groups is 2. The Hall–Kier alpha value is -3.06. The number of hydrogen-bond donors (Lipinski definition) is 0. The average molecular weight is 633 g/mol. The molecule has 5 rings (SSSR count). The molecule has 1 heterocycles. The molecule has 1 aliphatic rings. The Bertz CT molecular complexity index is 1270. The van der Waals surface area contributed by atoms with Crippen LogP contribution in [0.3, 0.4) is 0 Å². The summed E-state index contributed by atoms with van der Waals surface area (Å²) in [6.45, 7) is 0.486. The predicted octanol–water partition coefficient (Wildman–Crippen LogP) is 7.07. The molecule has 38 heavy (non-hydrogen) atoms. The molecule has 0 aliphatic carbocycles. The van der Waals surface area contributed by atoms with E-state index < -0.39 is 11.0 Å². The van der Waals surface area contributed by atoms with Gasteiger partial charge in [-0.25, -0.2) is 0 Å². The molecule has 0 aromatic heterocycles. The smallest absolute Gasteiger partial charge is 0.261 e. The van der Waals surface area contributed by atoms with Crippen LogP contribution >= 0.6 is 31.9 Å². The zero-order valence-corrected chi connectivity index (χ0v) is 23.9. The zero-order valence-electron chi connectivity index (χ0n) is 20.7. The van der Waals surface area contributed by atoms with Crippen molar-refractivity contribution in [3.8, 4) is 0 Å². The van der Waals surface area contributed by atoms with Crippen molar-refractivity contribution in [1.29, 1.82) is 0 Å². The molecule has 0 fully saturated rings. The van der Waals surface area contributed by atoms with Crippen LogP contribution in [0.5, 0.6) is 0 Å². The molecule has 2 amide bonds. The van der Waals surface area contributed by atoms with E-state index in [1.165, 1.54) is 4.90 Å². The highest BCUT2D eigenvalue weighted by Gasteiger charge is 2.44. The van der Waals surface area contributed by atoms with Gasteiger partial charge in [-0.05, 0) is 28.8 Å². The van der Waals surface area contributed by atoms with Crippen LogP contribution in [0.4, 0.5) is 0 Å². The standard InChI is InChI=1S/C32H27Br2NO3/c33-20-31(21-34,22-35-29(36)27-18-10-11-19-28(27)30(35)37)23-38-32(24-12-4-1-5-13-24,25-14-6-2-7-15-25)26-16-8-3-9-17-26/h1-19H,20-23H2. The van der Waals surface area contributed by atoms with Crippen molar-refractivity contribution in [1.82, 2.24) is 4.90 Å². The first-order valence-electron chi connectivity index (χ1n) is 12.4. The predicted molar refractivity (Wildman–Crippen MR) is 157 cm³/mol. The van der Waals surface area contributed by atoms with Crippen molar-refractivity contribution in [2.24, 2.45) is 5.41 Å². The monoisotopic (exact) mass is 631 g/mol. The van der Waals surface area contributed by atoms with Crippen molar-refractivity contribution in [2.75, 3.05) is 23.8 Å². The minimum Gasteiger partial charge on any atom is -0.360 e. The highest BCUT2D eigenvalue weighted by Crippen LogP contribution is 2.42. The molecule has 0 saturated carbocycles. The van der Waals surface area contributed by atoms with E-state index in [0.717, 1.165) is 16.7 Å². The lowest BCUT2D eigenvalue weighted by molar-refractivity contribution is -0.0324. The van der Waals surface area contributed by atoms with Crippen LogP contribution in [0, 0.1) is 5.41 Å². The van der Waals surface area contributed by atoms with Gasteiger partial charge in [0.2, 0.25) is 0 Å². The second-order valence-electron chi connectivity index (χ2n) is 9.58. The molecule has 6 heteroatoms. The van der Waals surface area contributed by atoms with Gasteiger partial charge in [-0.3, -0.25) is 14.5 Å². The summed E-state index contributed by atoms with van der Waals surface area (Å²) in [4.78, 5) is 27.8. The van der Waals surface area contributed by atoms with Crippen LogP contribution in [-0.2, 0) is 10.3 Å². The Labute approximate surface area is 239 Å². The van der Waals surface area contributed by atoms with Crippen LogP contribution in [0.25, 0.3) is 0 Å². The number of ether oxygens (including phenoxy) is 1. The third-order valence-electron chi connectivity index (χ3n) is 7.07. The molecule has 4 aromatic rings. The van der Waals surface area contributed by atoms with E-state index in [1.807, 2.05) is 54.6 Å². The molecular formula is C32H27Br2NO3. The first-order chi connectivity index (χ1) is 18.5. The van der Waals surface area contributed by atoms with Crippen molar-refractivity contribution in [3.05, 3.63) is 143 Å². The van der Waals surface area contributed by atoms with E-state index in [4.69, 9.17) is 4.74 Å². The molecule has 0 bridgehead atoms. The lowest BCUT2D eigenvalue weighted by Crippen LogP contribution is -2.48. The SMILES string of the molecule is O=C1c2ccccc2C(=O)N1CC(CBr)(CBr)COC(c1ccccc1)(c1ccccc1)c1ccccc1. The van der Waals surface area contributed by atoms with Gasteiger partial charge < -0.3 is 4.74 Å². The molecule has 0 unspecified atom stereocenters. The fourth-order valence-electron chi connectivity index (χ4n) is 4.99. The second kappa shape index (κ2) is 11.4. The molecule has 0 atom stereocenters. The average Bonchev–Trinajstić information content (AvgIpc) is 3.23. The Morgan fingerprint density at radius 2 is 0.947 bits per heavy atom. The van der Waals surface area contributed by atoms with Crippen molar-refractivity contribution in [2.45, 2.75) is 5.60 Å². The second-order valence-corrected chi connectivity index (χ2v) is 10.7. The van der Waals surface area contributed by atoms with E-state index in [9.17, 15) is 9.59 Å². The first kappa shape index (κ1) is 26.5. The summed E-state index contributed by atoms with van der Waals surface area (Å²) in [7, 11) is 0. The Morgan fingerprint density at radius 3 is 1.32 bits per heavy atom. The van der Waals surface area contributed by atoms with E-state index in [0.29, 0.717) is 21.8 Å². The van der Waals surface area contributed by atoms with Crippen LogP contribution in [-0.4, -0.2) is 40.5 Å². The largest absolute Gasteiger partial charge is 0.360 e. The fraction of sp³-hybridized carbons (Fsp3) is 0.188. The quantitative estimate of drug-likeness (QED) is 0.107. The third-order valence-corrected chi connectivity index (χ3v) is 9.45. The van der Waals surface area contributed by atoms with E-state index in [-0.39, 0.29) is 25.0 Å². The number of carbonyl (C=O) groups excluding carboxylic acids is 2. The number of amides is 2. The van der Waals surface area contributed by atoms with Gasteiger partial charge in [0.15, 0.2) is 0 Å². The van der Waals surface area contributed by atoms with Crippen molar-refractivity contribution >= 4 is 43.7 Å². The van der Waals surface area contributed by atoms with E-state index >= 15 is 0 Å². The summed E-state index contributed by atoms with van der Waals surface area (Å²) >= 11 is 7.39. The third kappa shape index (κ3) is 4.77. The molecule has 0 spiro atoms. The lowest BCUT2D eigenvalue weighted by Gasteiger charge is -2.41. The molecule has 4 nitrogen and oxygen atoms in total. The summed E-state index contributed by atoms with van der Waals surface area (Å²) in [5, 5.41) is 1.04. The number of benzene rings is 4. The Morgan fingerprint density at radius 1 is 0.579 bits per heavy atom. The number of rotatable bonds is 10. The minimum absolute atomic E-state index is 0.213. The zero-order chi connectivity index (χ0) is 26.6. The molecule has 192 valence electrons. The van der Waals surface area contributed by atoms with Gasteiger partial charge in [0, 0.05) is 22.6 Å². The van der Waals surface area contributed by atoms with Gasteiger partial charge in [0.25, 0.3) is 11.8 Å². The fourth-order valence-corrected chi connectivity index (χ4v) is 6.60. The molecule has 0 radical (unpaired) electrons. The van der Waals surface area contributed by atoms with E-state index in [2.05, 4.69) is 68.3 Å². The van der Waals surface area contributed by atoms with Gasteiger partial charge in [0.05, 0.1) is 17.7 Å². The van der Waals surface area contributed by atoms with Crippen molar-refractivity contribution < 1.29 is 14.3 Å². The molecule has 1 aliphatic heterocycles. The van der Waals surface area contributed by atoms with E-state index in [1.54, 1.807) is 24.3 Å². The normalized spacial score (nSPS) is 13.6. The Kier molecular flexibility index (Phi) is 7.93. The van der Waals surface area contributed by atoms with Gasteiger partial charge in [0.1, 0.15) is 5.60 Å². The molecule has 4 aromatic carbocycles. The van der Waals surface area contributed by atoms with Crippen LogP contribution in [0.15, 0.2) is 115 Å². The summed E-state index contributed by atoms with van der Waals surface area (Å²) in [6.07, 6.45) is 0. The van der Waals surface area contributed by atoms with Crippen molar-refractivity contribution in [3.63, 3.8) is 0 Å². The maximum Gasteiger partial charge on any atom is 0.261 e. The van der Waals surface area contributed by atoms with Gasteiger partial charge in [-0.15, -0.1) is 0 Å². The molecule has 0 saturated heterocycles. The number of fused-ring (bicyclic) bond motifs is 1. The first-order valence-corrected chi connectivity index (χ1v) is 14.7. The maximum absolute atomic E-state index is 13.2. The Balaban J connectivity index is 1.55. The summed E-state index contributed by atoms with van der Waals surface area (Å²) in [5.74, 6) is -0.533. The highest BCUT2D eigenvalue weighted by molar-refractivity contribution is 9.09. The lowest BCUT2D eigenvalue weighted by atomic mass is 9.79. The van der Waals surface area contributed by atoms with Gasteiger partial charge >= 0.3 is 0 Å². The van der Waals surface area contributed by atoms with Crippen LogP contribution in [0.2, 0.25) is 0 Å². The number of alkyl halides is 2. The van der Waals surface area contributed by atoms with Crippen LogP contribution in [0.1, 0.15) is 37.4 Å². The minimum atomic E-state index is -0.901. The number of hydrogen-bond acceptors (Lipinski definition) is 3. The summed E-state index contributed by atoms with van der Waals surface area (Å²) in [5.41, 5.74) is 2.40. The molecular weight excluding hydrogens is 606 g/mol. The number of halogens is 2. The number of nitrogens with zero attached hydrogens (tertiary/aromatic N) is 1. The van der Waals surface area contributed by atoms with Gasteiger partial charge in [-0.2, -0.15) is 0 Å². The van der Waals surface area contributed by atoms with Gasteiger partial charge in [-0.1, -0.05) is 135 Å². The topological polar surface area (TPSA) is 46.6 Å².